The Morgan fingerprint density at radius 1 is 0.423 bits per heavy atom. The number of rotatable bonds is 7. The summed E-state index contributed by atoms with van der Waals surface area (Å²) in [6, 6.07) is 81.5. The Kier molecular flexibility index (Phi) is 10.2. The second-order valence-electron chi connectivity index (χ2n) is 18.2. The second-order valence-corrected chi connectivity index (χ2v) is 18.2. The fraction of sp³-hybridized carbons (Fsp3) is 0.0462. The zero-order valence-electron chi connectivity index (χ0n) is 39.3. The van der Waals surface area contributed by atoms with Crippen LogP contribution in [0.3, 0.4) is 0 Å². The van der Waals surface area contributed by atoms with Crippen LogP contribution in [0.25, 0.3) is 110 Å². The highest BCUT2D eigenvalue weighted by Gasteiger charge is 2.22. The van der Waals surface area contributed by atoms with Gasteiger partial charge in [0.15, 0.2) is 0 Å². The van der Waals surface area contributed by atoms with Gasteiger partial charge in [-0.2, -0.15) is 4.99 Å². The second kappa shape index (κ2) is 17.4. The van der Waals surface area contributed by atoms with Crippen LogP contribution >= 0.6 is 0 Å². The van der Waals surface area contributed by atoms with Crippen LogP contribution in [0.1, 0.15) is 11.1 Å². The van der Waals surface area contributed by atoms with Gasteiger partial charge in [0, 0.05) is 64.1 Å². The minimum atomic E-state index is 0.566. The summed E-state index contributed by atoms with van der Waals surface area (Å²) in [7, 11) is 3.94. The zero-order valence-corrected chi connectivity index (χ0v) is 39.3. The van der Waals surface area contributed by atoms with Gasteiger partial charge in [0.2, 0.25) is 5.96 Å². The lowest BCUT2D eigenvalue weighted by Gasteiger charge is -2.23. The first-order valence-corrected chi connectivity index (χ1v) is 24.0. The summed E-state index contributed by atoms with van der Waals surface area (Å²) >= 11 is 0. The lowest BCUT2D eigenvalue weighted by Crippen LogP contribution is -2.29. The third-order valence-electron chi connectivity index (χ3n) is 13.8. The molecule has 0 saturated heterocycles. The van der Waals surface area contributed by atoms with Gasteiger partial charge in [-0.25, -0.2) is 0 Å². The number of benzene rings is 10. The van der Waals surface area contributed by atoms with Gasteiger partial charge in [-0.1, -0.05) is 170 Å². The highest BCUT2D eigenvalue weighted by molar-refractivity contribution is 6.20. The molecule has 6 heteroatoms. The maximum Gasteiger partial charge on any atom is 0.231 e. The molecule has 0 fully saturated rings. The van der Waals surface area contributed by atoms with E-state index in [2.05, 4.69) is 223 Å². The van der Waals surface area contributed by atoms with Crippen molar-refractivity contribution in [3.8, 4) is 44.5 Å². The molecule has 338 valence electrons. The van der Waals surface area contributed by atoms with Crippen molar-refractivity contribution < 1.29 is 8.83 Å². The van der Waals surface area contributed by atoms with E-state index in [9.17, 15) is 0 Å². The van der Waals surface area contributed by atoms with Crippen molar-refractivity contribution in [1.82, 2.24) is 9.47 Å². The summed E-state index contributed by atoms with van der Waals surface area (Å²) in [6.07, 6.45) is 0. The number of nitrogens with zero attached hydrogens (tertiary/aromatic N) is 4. The Bertz CT molecular complexity index is 4230. The van der Waals surface area contributed by atoms with Crippen LogP contribution in [0.4, 0.5) is 0 Å². The molecular weight excluding hydrogens is 869 g/mol. The summed E-state index contributed by atoms with van der Waals surface area (Å²) in [5.41, 5.74) is 16.6. The van der Waals surface area contributed by atoms with Crippen molar-refractivity contribution in [3.05, 3.63) is 242 Å². The number of fused-ring (bicyclic) bond motifs is 9. The molecule has 0 bridgehead atoms. The average molecular weight is 915 g/mol. The van der Waals surface area contributed by atoms with Gasteiger partial charge in [0.25, 0.3) is 0 Å². The Balaban J connectivity index is 0.977. The van der Waals surface area contributed by atoms with E-state index < -0.39 is 0 Å². The topological polar surface area (TPSA) is 59.2 Å². The molecule has 71 heavy (non-hydrogen) atoms. The Morgan fingerprint density at radius 2 is 0.958 bits per heavy atom. The van der Waals surface area contributed by atoms with Crippen molar-refractivity contribution in [2.45, 2.75) is 6.54 Å². The lowest BCUT2D eigenvalue weighted by atomic mass is 9.95. The zero-order chi connectivity index (χ0) is 47.4. The highest BCUT2D eigenvalue weighted by Crippen LogP contribution is 2.40. The van der Waals surface area contributed by atoms with Crippen molar-refractivity contribution in [2.75, 3.05) is 14.1 Å². The van der Waals surface area contributed by atoms with Gasteiger partial charge in [-0.15, -0.1) is 0 Å². The maximum absolute atomic E-state index is 6.46. The van der Waals surface area contributed by atoms with Gasteiger partial charge in [-0.3, -0.25) is 9.56 Å². The Hall–Kier alpha value is -9.26. The summed E-state index contributed by atoms with van der Waals surface area (Å²) < 4.78 is 14.9. The largest absolute Gasteiger partial charge is 0.456 e. The molecule has 3 heterocycles. The molecule has 0 aliphatic carbocycles. The van der Waals surface area contributed by atoms with E-state index in [1.807, 2.05) is 31.3 Å². The molecule has 13 rings (SSSR count). The molecule has 13 aromatic rings. The number of aromatic nitrogens is 1. The van der Waals surface area contributed by atoms with Crippen molar-refractivity contribution in [3.63, 3.8) is 0 Å². The number of hydrogen-bond acceptors (Lipinski definition) is 3. The molecule has 0 aliphatic heterocycles. The van der Waals surface area contributed by atoms with Gasteiger partial charge in [-0.05, 0) is 105 Å². The molecule has 10 aromatic carbocycles. The number of aliphatic imine (C=N–C) groups is 2. The lowest BCUT2D eigenvalue weighted by molar-refractivity contribution is 0.502. The molecule has 3 aromatic heterocycles. The molecule has 0 saturated carbocycles. The highest BCUT2D eigenvalue weighted by atomic mass is 16.3. The number of hydrogen-bond donors (Lipinski definition) is 0. The van der Waals surface area contributed by atoms with Gasteiger partial charge >= 0.3 is 0 Å². The Morgan fingerprint density at radius 3 is 1.70 bits per heavy atom. The first kappa shape index (κ1) is 41.9. The fourth-order valence-electron chi connectivity index (χ4n) is 10.4. The van der Waals surface area contributed by atoms with Crippen LogP contribution in [0.2, 0.25) is 0 Å². The van der Waals surface area contributed by atoms with Gasteiger partial charge in [0.05, 0.1) is 11.0 Å². The molecule has 6 nitrogen and oxygen atoms in total. The van der Waals surface area contributed by atoms with Crippen LogP contribution < -0.4 is 0 Å². The standard InChI is InChI=1S/C65H46N4O2/c1-66-65(67-64(68(2)41-42-16-5-3-6-17-42)50-30-33-54-52-24-9-11-28-59(52)71-62(54)40-50)69-58-34-31-47(43-18-7-4-8-19-43)38-56(58)55-27-15-26-51(63(55)69)49-23-14-22-46(37-49)44-20-13-21-45(36-44)48-32-35-61-57(39-48)53-25-10-12-29-60(53)70-61/h3-40H,41H2,1-2H3/b66-65?,67-64-. The van der Waals surface area contributed by atoms with Crippen molar-refractivity contribution in [2.24, 2.45) is 9.98 Å². The number of furan rings is 2. The molecule has 0 amide bonds. The first-order chi connectivity index (χ1) is 35.0. The van der Waals surface area contributed by atoms with Crippen LogP contribution in [0.5, 0.6) is 0 Å². The van der Waals surface area contributed by atoms with Crippen LogP contribution in [0, 0.1) is 0 Å². The molecule has 0 aliphatic rings. The molecule has 0 unspecified atom stereocenters. The number of amidine groups is 1. The molecule has 0 N–H and O–H groups in total. The molecular formula is C65H46N4O2. The summed E-state index contributed by atoms with van der Waals surface area (Å²) in [5.74, 6) is 1.34. The van der Waals surface area contributed by atoms with E-state index in [1.165, 1.54) is 5.56 Å². The minimum Gasteiger partial charge on any atom is -0.456 e. The van der Waals surface area contributed by atoms with Gasteiger partial charge in [0.1, 0.15) is 28.2 Å². The quantitative estimate of drug-likeness (QED) is 0.118. The van der Waals surface area contributed by atoms with Crippen LogP contribution in [0.15, 0.2) is 249 Å². The summed E-state index contributed by atoms with van der Waals surface area (Å²) in [5, 5.41) is 6.63. The predicted molar refractivity (Wildman–Crippen MR) is 295 cm³/mol. The van der Waals surface area contributed by atoms with E-state index in [-0.39, 0.29) is 0 Å². The predicted octanol–water partition coefficient (Wildman–Crippen LogP) is 16.7. The monoisotopic (exact) mass is 914 g/mol. The SMILES string of the molecule is CN=C(/N=C(/c1ccc2c(c1)oc1ccccc12)N(C)Cc1ccccc1)n1c2ccc(-c3ccccc3)cc2c2cccc(-c3cccc(-c4cccc(-c5ccc6oc7ccccc7c6c5)c4)c3)c21. The fourth-order valence-corrected chi connectivity index (χ4v) is 10.4. The van der Waals surface area contributed by atoms with Crippen molar-refractivity contribution >= 4 is 77.5 Å². The third-order valence-corrected chi connectivity index (χ3v) is 13.8. The molecule has 0 atom stereocenters. The third kappa shape index (κ3) is 7.45. The van der Waals surface area contributed by atoms with E-state index >= 15 is 0 Å². The van der Waals surface area contributed by atoms with E-state index in [4.69, 9.17) is 18.8 Å². The normalized spacial score (nSPS) is 12.3. The molecule has 0 radical (unpaired) electrons. The van der Waals surface area contributed by atoms with E-state index in [0.717, 1.165) is 122 Å². The average Bonchev–Trinajstić information content (AvgIpc) is 4.11. The number of para-hydroxylation sites is 3. The van der Waals surface area contributed by atoms with Crippen LogP contribution in [-0.4, -0.2) is 35.4 Å². The van der Waals surface area contributed by atoms with Gasteiger partial charge < -0.3 is 13.7 Å². The van der Waals surface area contributed by atoms with E-state index in [0.29, 0.717) is 12.5 Å². The minimum absolute atomic E-state index is 0.566. The smallest absolute Gasteiger partial charge is 0.231 e. The van der Waals surface area contributed by atoms with Crippen molar-refractivity contribution in [1.29, 1.82) is 0 Å². The van der Waals surface area contributed by atoms with E-state index in [1.54, 1.807) is 0 Å². The summed E-state index contributed by atoms with van der Waals surface area (Å²) in [6.45, 7) is 0.635. The maximum atomic E-state index is 6.46. The molecule has 0 spiro atoms. The Labute approximate surface area is 410 Å². The first-order valence-electron chi connectivity index (χ1n) is 24.0. The summed E-state index contributed by atoms with van der Waals surface area (Å²) in [4.78, 5) is 12.9. The van der Waals surface area contributed by atoms with Crippen LogP contribution in [-0.2, 0) is 6.54 Å².